The molecular formula is C27H30O13. The second kappa shape index (κ2) is 11.0. The Morgan fingerprint density at radius 3 is 2.20 bits per heavy atom. The van der Waals surface area contributed by atoms with Crippen molar-refractivity contribution in [3.63, 3.8) is 0 Å². The molecule has 0 amide bonds. The van der Waals surface area contributed by atoms with E-state index in [1.54, 1.807) is 30.3 Å². The number of aliphatic hydroxyl groups excluding tert-OH is 6. The second-order valence-electron chi connectivity index (χ2n) is 9.95. The summed E-state index contributed by atoms with van der Waals surface area (Å²) >= 11 is 0. The van der Waals surface area contributed by atoms with Crippen molar-refractivity contribution in [2.24, 2.45) is 0 Å². The fourth-order valence-corrected chi connectivity index (χ4v) is 5.00. The molecule has 0 radical (unpaired) electrons. The van der Waals surface area contributed by atoms with Gasteiger partial charge in [0.05, 0.1) is 18.3 Å². The van der Waals surface area contributed by atoms with E-state index in [2.05, 4.69) is 0 Å². The van der Waals surface area contributed by atoms with E-state index in [0.29, 0.717) is 5.56 Å². The van der Waals surface area contributed by atoms with Crippen LogP contribution in [0.4, 0.5) is 0 Å². The van der Waals surface area contributed by atoms with Gasteiger partial charge < -0.3 is 59.5 Å². The Balaban J connectivity index is 1.44. The largest absolute Gasteiger partial charge is 0.507 e. The number of hydrogen-bond donors (Lipinski definition) is 8. The van der Waals surface area contributed by atoms with Crippen LogP contribution < -0.4 is 5.43 Å². The van der Waals surface area contributed by atoms with Gasteiger partial charge in [0.15, 0.2) is 11.7 Å². The molecule has 216 valence electrons. The summed E-state index contributed by atoms with van der Waals surface area (Å²) in [4.78, 5) is 13.0. The smallest absolute Gasteiger partial charge is 0.197 e. The van der Waals surface area contributed by atoms with Gasteiger partial charge in [0.25, 0.3) is 0 Å². The van der Waals surface area contributed by atoms with E-state index in [1.165, 1.54) is 6.92 Å². The third-order valence-electron chi connectivity index (χ3n) is 7.30. The molecule has 2 saturated heterocycles. The molecule has 0 unspecified atom stereocenters. The van der Waals surface area contributed by atoms with Gasteiger partial charge in [-0.15, -0.1) is 0 Å². The minimum Gasteiger partial charge on any atom is -0.507 e. The number of aromatic hydroxyl groups is 2. The minimum atomic E-state index is -1.86. The Bertz CT molecular complexity index is 1410. The molecule has 0 spiro atoms. The third-order valence-corrected chi connectivity index (χ3v) is 7.30. The normalized spacial score (nSPS) is 34.7. The summed E-state index contributed by atoms with van der Waals surface area (Å²) in [6.45, 7) is 0.902. The highest BCUT2D eigenvalue weighted by molar-refractivity contribution is 5.88. The lowest BCUT2D eigenvalue weighted by molar-refractivity contribution is -0.308. The number of phenols is 2. The molecule has 1 aromatic heterocycles. The Morgan fingerprint density at radius 1 is 0.825 bits per heavy atom. The van der Waals surface area contributed by atoms with E-state index in [0.717, 1.165) is 12.1 Å². The van der Waals surface area contributed by atoms with Gasteiger partial charge in [-0.3, -0.25) is 4.79 Å². The maximum Gasteiger partial charge on any atom is 0.197 e. The summed E-state index contributed by atoms with van der Waals surface area (Å²) in [5.41, 5.74) is -0.645. The Labute approximate surface area is 226 Å². The summed E-state index contributed by atoms with van der Waals surface area (Å²) in [6.07, 6.45) is -15.4. The van der Waals surface area contributed by atoms with Crippen molar-refractivity contribution in [2.75, 3.05) is 6.61 Å². The summed E-state index contributed by atoms with van der Waals surface area (Å²) in [5, 5.41) is 83.3. The second-order valence-corrected chi connectivity index (χ2v) is 9.95. The number of ether oxygens (including phenoxy) is 3. The van der Waals surface area contributed by atoms with Crippen molar-refractivity contribution in [3.8, 4) is 22.8 Å². The minimum absolute atomic E-state index is 0.144. The third kappa shape index (κ3) is 4.96. The summed E-state index contributed by atoms with van der Waals surface area (Å²) in [7, 11) is 0. The van der Waals surface area contributed by atoms with Gasteiger partial charge >= 0.3 is 0 Å². The lowest BCUT2D eigenvalue weighted by Crippen LogP contribution is -2.59. The predicted molar refractivity (Wildman–Crippen MR) is 135 cm³/mol. The fourth-order valence-electron chi connectivity index (χ4n) is 5.00. The maximum atomic E-state index is 13.0. The van der Waals surface area contributed by atoms with E-state index in [-0.39, 0.29) is 16.7 Å². The zero-order valence-electron chi connectivity index (χ0n) is 21.1. The van der Waals surface area contributed by atoms with Crippen LogP contribution in [0, 0.1) is 0 Å². The van der Waals surface area contributed by atoms with Crippen molar-refractivity contribution >= 4 is 11.0 Å². The molecule has 5 rings (SSSR count). The van der Waals surface area contributed by atoms with Gasteiger partial charge in [-0.2, -0.15) is 0 Å². The molecule has 2 aliphatic heterocycles. The molecule has 0 bridgehead atoms. The number of fused-ring (bicyclic) bond motifs is 1. The number of rotatable bonds is 5. The summed E-state index contributed by atoms with van der Waals surface area (Å²) < 4.78 is 22.3. The maximum absolute atomic E-state index is 13.0. The van der Waals surface area contributed by atoms with Crippen molar-refractivity contribution in [2.45, 2.75) is 68.1 Å². The molecule has 3 aromatic rings. The Morgan fingerprint density at radius 2 is 1.50 bits per heavy atom. The topological polar surface area (TPSA) is 220 Å². The highest BCUT2D eigenvalue weighted by atomic mass is 16.7. The summed E-state index contributed by atoms with van der Waals surface area (Å²) in [5.74, 6) is -1.19. The van der Waals surface area contributed by atoms with Gasteiger partial charge in [-0.05, 0) is 6.92 Å². The summed E-state index contributed by atoms with van der Waals surface area (Å²) in [6, 6.07) is 10.9. The van der Waals surface area contributed by atoms with Crippen molar-refractivity contribution in [3.05, 3.63) is 58.3 Å². The molecule has 0 saturated carbocycles. The molecule has 0 aliphatic carbocycles. The number of benzene rings is 2. The molecule has 13 heteroatoms. The van der Waals surface area contributed by atoms with E-state index in [4.69, 9.17) is 18.6 Å². The number of aliphatic hydroxyl groups is 6. The van der Waals surface area contributed by atoms with Gasteiger partial charge in [0, 0.05) is 17.7 Å². The first kappa shape index (κ1) is 28.4. The lowest BCUT2D eigenvalue weighted by Gasteiger charge is -2.43. The van der Waals surface area contributed by atoms with Crippen LogP contribution in [-0.2, 0) is 14.2 Å². The van der Waals surface area contributed by atoms with Crippen LogP contribution in [0.5, 0.6) is 11.5 Å². The fraction of sp³-hybridized carbons (Fsp3) is 0.444. The molecule has 10 atom stereocenters. The zero-order chi connectivity index (χ0) is 28.9. The first-order valence-corrected chi connectivity index (χ1v) is 12.6. The molecule has 2 aromatic carbocycles. The van der Waals surface area contributed by atoms with Crippen molar-refractivity contribution in [1.29, 1.82) is 0 Å². The van der Waals surface area contributed by atoms with Gasteiger partial charge in [0.1, 0.15) is 77.1 Å². The average molecular weight is 563 g/mol. The van der Waals surface area contributed by atoms with Crippen LogP contribution in [0.1, 0.15) is 18.6 Å². The first-order valence-electron chi connectivity index (χ1n) is 12.6. The molecular weight excluding hydrogens is 532 g/mol. The number of hydrogen-bond acceptors (Lipinski definition) is 13. The molecule has 8 N–H and O–H groups in total. The van der Waals surface area contributed by atoms with Crippen LogP contribution in [0.15, 0.2) is 51.7 Å². The predicted octanol–water partition coefficient (Wildman–Crippen LogP) is -0.762. The lowest BCUT2D eigenvalue weighted by atomic mass is 9.89. The first-order chi connectivity index (χ1) is 19.0. The SMILES string of the molecule is C[C@@H]1O[C@@H](OC[C@H]2O[C@@H](c3c(O)cc4oc(-c5ccccc5)cc(=O)c4c3O)[C@H](O)[C@@H](O)[C@@H]2O)[C@H](O)[C@H](O)[C@H]1O. The van der Waals surface area contributed by atoms with E-state index in [9.17, 15) is 45.6 Å². The van der Waals surface area contributed by atoms with E-state index < -0.39 is 90.3 Å². The van der Waals surface area contributed by atoms with Crippen LogP contribution in [0.25, 0.3) is 22.3 Å². The Kier molecular flexibility index (Phi) is 7.85. The monoisotopic (exact) mass is 562 g/mol. The van der Waals surface area contributed by atoms with Gasteiger partial charge in [-0.1, -0.05) is 30.3 Å². The highest BCUT2D eigenvalue weighted by Crippen LogP contribution is 2.44. The van der Waals surface area contributed by atoms with Gasteiger partial charge in [0.2, 0.25) is 0 Å². The van der Waals surface area contributed by atoms with Crippen LogP contribution >= 0.6 is 0 Å². The van der Waals surface area contributed by atoms with Crippen molar-refractivity contribution < 1.29 is 59.5 Å². The average Bonchev–Trinajstić information content (AvgIpc) is 2.93. The van der Waals surface area contributed by atoms with Crippen LogP contribution in [0.3, 0.4) is 0 Å². The molecule has 2 fully saturated rings. The van der Waals surface area contributed by atoms with Crippen LogP contribution in [0.2, 0.25) is 0 Å². The van der Waals surface area contributed by atoms with Crippen molar-refractivity contribution in [1.82, 2.24) is 0 Å². The standard InChI is InChI=1S/C27H30O13/c1-10-19(30)22(33)25(36)27(38-10)37-9-16-20(31)23(34)24(35)26(40-16)18-13(29)8-15-17(21(18)32)12(28)7-14(39-15)11-5-3-2-4-6-11/h2-8,10,16,19-20,22-27,29-36H,9H2,1H3/t10-,16+,19-,20+,22+,23-,24+,25+,26-,27+/m0/s1. The molecule has 2 aliphatic rings. The molecule has 13 nitrogen and oxygen atoms in total. The quantitative estimate of drug-likeness (QED) is 0.192. The van der Waals surface area contributed by atoms with E-state index in [1.807, 2.05) is 0 Å². The number of phenolic OH excluding ortho intramolecular Hbond substituents is 2. The molecule has 40 heavy (non-hydrogen) atoms. The molecule has 3 heterocycles. The van der Waals surface area contributed by atoms with E-state index >= 15 is 0 Å². The zero-order valence-corrected chi connectivity index (χ0v) is 21.1. The van der Waals surface area contributed by atoms with Gasteiger partial charge in [-0.25, -0.2) is 0 Å². The highest BCUT2D eigenvalue weighted by Gasteiger charge is 2.48. The Hall–Kier alpha value is -3.11. The van der Waals surface area contributed by atoms with Crippen LogP contribution in [-0.4, -0.2) is 103 Å².